The van der Waals surface area contributed by atoms with Gasteiger partial charge >= 0.3 is 0 Å². The van der Waals surface area contributed by atoms with Gasteiger partial charge in [-0.2, -0.15) is 4.98 Å². The lowest BCUT2D eigenvalue weighted by Gasteiger charge is -2.16. The quantitative estimate of drug-likeness (QED) is 0.728. The average Bonchev–Trinajstić information content (AvgIpc) is 3.25. The van der Waals surface area contributed by atoms with Crippen molar-refractivity contribution in [2.75, 3.05) is 11.4 Å². The van der Waals surface area contributed by atoms with E-state index in [9.17, 15) is 4.79 Å². The Bertz CT molecular complexity index is 895. The van der Waals surface area contributed by atoms with Crippen LogP contribution in [0.1, 0.15) is 12.8 Å². The van der Waals surface area contributed by atoms with Gasteiger partial charge in [0.2, 0.25) is 11.7 Å². The molecule has 0 saturated carbocycles. The highest BCUT2D eigenvalue weighted by Gasteiger charge is 2.23. The maximum absolute atomic E-state index is 11.9. The van der Waals surface area contributed by atoms with Crippen LogP contribution in [0.25, 0.3) is 22.8 Å². The van der Waals surface area contributed by atoms with Crippen molar-refractivity contribution in [3.63, 3.8) is 0 Å². The van der Waals surface area contributed by atoms with E-state index < -0.39 is 0 Å². The molecule has 0 bridgehead atoms. The van der Waals surface area contributed by atoms with Crippen LogP contribution in [0.4, 0.5) is 5.69 Å². The van der Waals surface area contributed by atoms with E-state index in [1.54, 1.807) is 35.5 Å². The summed E-state index contributed by atoms with van der Waals surface area (Å²) in [5.74, 6) is 0.901. The third kappa shape index (κ3) is 2.65. The molecule has 3 heterocycles. The highest BCUT2D eigenvalue weighted by molar-refractivity contribution is 6.33. The first-order valence-corrected chi connectivity index (χ1v) is 7.94. The summed E-state index contributed by atoms with van der Waals surface area (Å²) in [5.41, 5.74) is 2.21. The van der Waals surface area contributed by atoms with E-state index in [4.69, 9.17) is 16.1 Å². The molecule has 120 valence electrons. The second-order valence-corrected chi connectivity index (χ2v) is 5.88. The SMILES string of the molecule is O=C1CCCN1c1ccc(Cl)c(-c2nc(-c3ccncc3)no2)c1. The van der Waals surface area contributed by atoms with Crippen LogP contribution in [0.2, 0.25) is 5.02 Å². The number of halogens is 1. The van der Waals surface area contributed by atoms with Gasteiger partial charge in [-0.25, -0.2) is 0 Å². The van der Waals surface area contributed by atoms with E-state index in [1.807, 2.05) is 12.1 Å². The summed E-state index contributed by atoms with van der Waals surface area (Å²) in [6.45, 7) is 0.714. The smallest absolute Gasteiger partial charge is 0.259 e. The van der Waals surface area contributed by atoms with Crippen LogP contribution in [-0.4, -0.2) is 27.6 Å². The van der Waals surface area contributed by atoms with Gasteiger partial charge in [-0.3, -0.25) is 9.78 Å². The Morgan fingerprint density at radius 3 is 2.75 bits per heavy atom. The van der Waals surface area contributed by atoms with Crippen LogP contribution in [0.15, 0.2) is 47.2 Å². The summed E-state index contributed by atoms with van der Waals surface area (Å²) in [6, 6.07) is 8.99. The lowest BCUT2D eigenvalue weighted by atomic mass is 10.2. The van der Waals surface area contributed by atoms with Crippen molar-refractivity contribution >= 4 is 23.2 Å². The molecule has 7 heteroatoms. The number of nitrogens with zero attached hydrogens (tertiary/aromatic N) is 4. The molecule has 1 saturated heterocycles. The molecule has 0 radical (unpaired) electrons. The first-order chi connectivity index (χ1) is 11.7. The van der Waals surface area contributed by atoms with Crippen LogP contribution < -0.4 is 4.90 Å². The molecule has 6 nitrogen and oxygen atoms in total. The molecule has 0 spiro atoms. The van der Waals surface area contributed by atoms with Gasteiger partial charge in [0, 0.05) is 36.6 Å². The van der Waals surface area contributed by atoms with Gasteiger partial charge in [-0.1, -0.05) is 16.8 Å². The number of hydrogen-bond acceptors (Lipinski definition) is 5. The Hall–Kier alpha value is -2.73. The largest absolute Gasteiger partial charge is 0.334 e. The summed E-state index contributed by atoms with van der Waals surface area (Å²) < 4.78 is 5.36. The number of rotatable bonds is 3. The van der Waals surface area contributed by atoms with Gasteiger partial charge < -0.3 is 9.42 Å². The standard InChI is InChI=1S/C17H13ClN4O2/c18-14-4-3-12(22-9-1-2-15(22)23)10-13(14)17-20-16(21-24-17)11-5-7-19-8-6-11/h3-8,10H,1-2,9H2. The zero-order chi connectivity index (χ0) is 16.5. The van der Waals surface area contributed by atoms with Crippen molar-refractivity contribution in [2.24, 2.45) is 0 Å². The molecule has 1 aromatic carbocycles. The second-order valence-electron chi connectivity index (χ2n) is 5.47. The Kier molecular flexibility index (Phi) is 3.74. The normalized spacial score (nSPS) is 14.4. The molecular weight excluding hydrogens is 328 g/mol. The van der Waals surface area contributed by atoms with Crippen molar-refractivity contribution in [2.45, 2.75) is 12.8 Å². The molecule has 2 aromatic heterocycles. The highest BCUT2D eigenvalue weighted by atomic mass is 35.5. The summed E-state index contributed by atoms with van der Waals surface area (Å²) in [5, 5.41) is 4.49. The summed E-state index contributed by atoms with van der Waals surface area (Å²) in [4.78, 5) is 22.1. The molecular formula is C17H13ClN4O2. The zero-order valence-electron chi connectivity index (χ0n) is 12.6. The molecule has 1 fully saturated rings. The minimum absolute atomic E-state index is 0.117. The maximum Gasteiger partial charge on any atom is 0.259 e. The van der Waals surface area contributed by atoms with Crippen molar-refractivity contribution in [1.82, 2.24) is 15.1 Å². The van der Waals surface area contributed by atoms with Crippen LogP contribution in [-0.2, 0) is 4.79 Å². The van der Waals surface area contributed by atoms with Gasteiger partial charge in [-0.15, -0.1) is 0 Å². The molecule has 0 aliphatic carbocycles. The van der Waals surface area contributed by atoms with Crippen molar-refractivity contribution in [3.8, 4) is 22.8 Å². The van der Waals surface area contributed by atoms with Crippen molar-refractivity contribution in [1.29, 1.82) is 0 Å². The third-order valence-corrected chi connectivity index (χ3v) is 4.26. The first kappa shape index (κ1) is 14.8. The van der Waals surface area contributed by atoms with Crippen LogP contribution in [0.3, 0.4) is 0 Å². The Morgan fingerprint density at radius 2 is 2.00 bits per heavy atom. The minimum Gasteiger partial charge on any atom is -0.334 e. The van der Waals surface area contributed by atoms with Crippen LogP contribution in [0, 0.1) is 0 Å². The maximum atomic E-state index is 11.9. The molecule has 1 aliphatic heterocycles. The molecule has 0 N–H and O–H groups in total. The van der Waals surface area contributed by atoms with E-state index in [2.05, 4.69) is 15.1 Å². The number of hydrogen-bond donors (Lipinski definition) is 0. The number of aromatic nitrogens is 3. The van der Waals surface area contributed by atoms with Gasteiger partial charge in [0.25, 0.3) is 5.89 Å². The zero-order valence-corrected chi connectivity index (χ0v) is 13.4. The monoisotopic (exact) mass is 340 g/mol. The van der Waals surface area contributed by atoms with Crippen LogP contribution in [0.5, 0.6) is 0 Å². The summed E-state index contributed by atoms with van der Waals surface area (Å²) in [7, 11) is 0. The third-order valence-electron chi connectivity index (χ3n) is 3.93. The molecule has 1 amide bonds. The molecule has 0 unspecified atom stereocenters. The Labute approximate surface area is 143 Å². The number of carbonyl (C=O) groups excluding carboxylic acids is 1. The second kappa shape index (κ2) is 6.05. The summed E-state index contributed by atoms with van der Waals surface area (Å²) in [6.07, 6.45) is 4.77. The van der Waals surface area contributed by atoms with Gasteiger partial charge in [0.1, 0.15) is 0 Å². The topological polar surface area (TPSA) is 72.1 Å². The first-order valence-electron chi connectivity index (χ1n) is 7.57. The Morgan fingerprint density at radius 1 is 1.17 bits per heavy atom. The summed E-state index contributed by atoms with van der Waals surface area (Å²) >= 11 is 6.29. The van der Waals surface area contributed by atoms with Crippen molar-refractivity contribution in [3.05, 3.63) is 47.7 Å². The van der Waals surface area contributed by atoms with Gasteiger partial charge in [-0.05, 0) is 36.8 Å². The predicted molar refractivity (Wildman–Crippen MR) is 89.6 cm³/mol. The number of benzene rings is 1. The van der Waals surface area contributed by atoms with Crippen molar-refractivity contribution < 1.29 is 9.32 Å². The van der Waals surface area contributed by atoms with Crippen LogP contribution >= 0.6 is 11.6 Å². The fourth-order valence-corrected chi connectivity index (χ4v) is 2.92. The average molecular weight is 341 g/mol. The number of pyridine rings is 1. The van der Waals surface area contributed by atoms with Gasteiger partial charge in [0.05, 0.1) is 10.6 Å². The number of carbonyl (C=O) groups is 1. The van der Waals surface area contributed by atoms with Gasteiger partial charge in [0.15, 0.2) is 0 Å². The molecule has 4 rings (SSSR count). The Balaban J connectivity index is 1.71. The van der Waals surface area contributed by atoms with E-state index in [0.29, 0.717) is 35.3 Å². The molecule has 0 atom stereocenters. The number of amides is 1. The molecule has 24 heavy (non-hydrogen) atoms. The van der Waals surface area contributed by atoms with E-state index in [1.165, 1.54) is 0 Å². The predicted octanol–water partition coefficient (Wildman–Crippen LogP) is 3.58. The molecule has 3 aromatic rings. The highest BCUT2D eigenvalue weighted by Crippen LogP contribution is 2.33. The lowest BCUT2D eigenvalue weighted by molar-refractivity contribution is -0.117. The van der Waals surface area contributed by atoms with E-state index in [-0.39, 0.29) is 5.91 Å². The van der Waals surface area contributed by atoms with E-state index in [0.717, 1.165) is 17.7 Å². The minimum atomic E-state index is 0.117. The fraction of sp³-hybridized carbons (Fsp3) is 0.176. The van der Waals surface area contributed by atoms with E-state index >= 15 is 0 Å². The lowest BCUT2D eigenvalue weighted by Crippen LogP contribution is -2.23. The number of anilines is 1. The molecule has 1 aliphatic rings. The fourth-order valence-electron chi connectivity index (χ4n) is 2.72.